The Kier molecular flexibility index (Phi) is 6.57. The lowest BCUT2D eigenvalue weighted by Crippen LogP contribution is -2.41. The maximum absolute atomic E-state index is 9.81. The van der Waals surface area contributed by atoms with Gasteiger partial charge in [-0.2, -0.15) is 0 Å². The lowest BCUT2D eigenvalue weighted by atomic mass is 10.2. The van der Waals surface area contributed by atoms with Crippen LogP contribution >= 0.6 is 0 Å². The van der Waals surface area contributed by atoms with Crippen molar-refractivity contribution in [1.82, 2.24) is 10.2 Å². The second-order valence-corrected chi connectivity index (χ2v) is 6.16. The molecule has 1 rings (SSSR count). The quantitative estimate of drug-likeness (QED) is 0.721. The van der Waals surface area contributed by atoms with E-state index in [0.29, 0.717) is 19.2 Å². The Morgan fingerprint density at radius 1 is 1.44 bits per heavy atom. The van der Waals surface area contributed by atoms with E-state index in [4.69, 9.17) is 4.74 Å². The van der Waals surface area contributed by atoms with Crippen LogP contribution in [0.25, 0.3) is 0 Å². The zero-order chi connectivity index (χ0) is 13.6. The molecule has 4 heteroatoms. The molecule has 0 saturated carbocycles. The number of hydrogen-bond acceptors (Lipinski definition) is 4. The number of nitrogens with one attached hydrogen (secondary N) is 1. The topological polar surface area (TPSA) is 44.7 Å². The molecule has 0 aromatic heterocycles. The Labute approximate surface area is 112 Å². The minimum atomic E-state index is -0.416. The van der Waals surface area contributed by atoms with Gasteiger partial charge in [0.1, 0.15) is 0 Å². The van der Waals surface area contributed by atoms with Crippen LogP contribution in [0.3, 0.4) is 0 Å². The molecule has 18 heavy (non-hydrogen) atoms. The molecular weight excluding hydrogens is 228 g/mol. The van der Waals surface area contributed by atoms with Crippen molar-refractivity contribution in [3.63, 3.8) is 0 Å². The molecule has 1 saturated heterocycles. The van der Waals surface area contributed by atoms with Crippen molar-refractivity contribution in [2.45, 2.75) is 58.3 Å². The Hall–Kier alpha value is -0.160. The zero-order valence-corrected chi connectivity index (χ0v) is 12.4. The highest BCUT2D eigenvalue weighted by Gasteiger charge is 2.22. The number of ether oxygens (including phenoxy) is 1. The Bertz CT molecular complexity index is 228. The molecule has 1 aliphatic rings. The van der Waals surface area contributed by atoms with E-state index in [9.17, 15) is 5.11 Å². The van der Waals surface area contributed by atoms with E-state index >= 15 is 0 Å². The normalized spacial score (nSPS) is 23.5. The van der Waals surface area contributed by atoms with Crippen LogP contribution in [0.4, 0.5) is 0 Å². The van der Waals surface area contributed by atoms with E-state index in [2.05, 4.69) is 17.1 Å². The second kappa shape index (κ2) is 7.43. The maximum atomic E-state index is 9.81. The summed E-state index contributed by atoms with van der Waals surface area (Å²) in [5, 5.41) is 13.2. The van der Waals surface area contributed by atoms with Crippen molar-refractivity contribution in [2.24, 2.45) is 0 Å². The average molecular weight is 258 g/mol. The van der Waals surface area contributed by atoms with Crippen LogP contribution in [0.1, 0.15) is 40.5 Å². The van der Waals surface area contributed by atoms with Gasteiger partial charge in [-0.25, -0.2) is 0 Å². The lowest BCUT2D eigenvalue weighted by Gasteiger charge is -2.25. The summed E-state index contributed by atoms with van der Waals surface area (Å²) in [4.78, 5) is 2.50. The standard InChI is InChI=1S/C14H30N2O2/c1-5-16-8-6-7-12(16)9-15-10-13(17)11-18-14(2,3)4/h12-13,15,17H,5-11H2,1-4H3. The molecule has 2 N–H and O–H groups in total. The minimum Gasteiger partial charge on any atom is -0.389 e. The maximum Gasteiger partial charge on any atom is 0.0897 e. The van der Waals surface area contributed by atoms with E-state index in [1.165, 1.54) is 19.4 Å². The third-order valence-corrected chi connectivity index (χ3v) is 3.37. The highest BCUT2D eigenvalue weighted by Crippen LogP contribution is 2.15. The SMILES string of the molecule is CCN1CCCC1CNCC(O)COC(C)(C)C. The third-order valence-electron chi connectivity index (χ3n) is 3.37. The van der Waals surface area contributed by atoms with E-state index in [0.717, 1.165) is 13.1 Å². The fourth-order valence-corrected chi connectivity index (χ4v) is 2.36. The number of likely N-dealkylation sites (tertiary alicyclic amines) is 1. The van der Waals surface area contributed by atoms with Gasteiger partial charge in [-0.3, -0.25) is 4.90 Å². The van der Waals surface area contributed by atoms with Crippen molar-refractivity contribution in [1.29, 1.82) is 0 Å². The predicted octanol–water partition coefficient (Wildman–Crippen LogP) is 1.24. The molecule has 0 spiro atoms. The highest BCUT2D eigenvalue weighted by molar-refractivity contribution is 4.80. The van der Waals surface area contributed by atoms with Gasteiger partial charge in [-0.1, -0.05) is 6.92 Å². The van der Waals surface area contributed by atoms with Crippen LogP contribution in [0.5, 0.6) is 0 Å². The van der Waals surface area contributed by atoms with Crippen LogP contribution in [0.2, 0.25) is 0 Å². The molecule has 2 unspecified atom stereocenters. The van der Waals surface area contributed by atoms with Crippen molar-refractivity contribution in [2.75, 3.05) is 32.8 Å². The summed E-state index contributed by atoms with van der Waals surface area (Å²) in [7, 11) is 0. The van der Waals surface area contributed by atoms with Crippen LogP contribution in [0, 0.1) is 0 Å². The van der Waals surface area contributed by atoms with E-state index in [1.54, 1.807) is 0 Å². The summed E-state index contributed by atoms with van der Waals surface area (Å²) < 4.78 is 5.56. The molecule has 0 aliphatic carbocycles. The first-order valence-electron chi connectivity index (χ1n) is 7.19. The molecule has 1 heterocycles. The summed E-state index contributed by atoms with van der Waals surface area (Å²) in [5.74, 6) is 0. The van der Waals surface area contributed by atoms with Gasteiger partial charge in [0.25, 0.3) is 0 Å². The molecule has 4 nitrogen and oxygen atoms in total. The summed E-state index contributed by atoms with van der Waals surface area (Å²) in [5.41, 5.74) is -0.175. The number of likely N-dealkylation sites (N-methyl/N-ethyl adjacent to an activating group) is 1. The van der Waals surface area contributed by atoms with Crippen molar-refractivity contribution >= 4 is 0 Å². The van der Waals surface area contributed by atoms with Gasteiger partial charge >= 0.3 is 0 Å². The Morgan fingerprint density at radius 3 is 2.78 bits per heavy atom. The molecule has 0 radical (unpaired) electrons. The molecule has 0 amide bonds. The first-order valence-corrected chi connectivity index (χ1v) is 7.19. The Balaban J connectivity index is 2.10. The number of rotatable bonds is 7. The first kappa shape index (κ1) is 15.9. The Morgan fingerprint density at radius 2 is 2.17 bits per heavy atom. The van der Waals surface area contributed by atoms with Crippen LogP contribution < -0.4 is 5.32 Å². The van der Waals surface area contributed by atoms with E-state index in [1.807, 2.05) is 20.8 Å². The van der Waals surface area contributed by atoms with Gasteiger partial charge in [-0.15, -0.1) is 0 Å². The van der Waals surface area contributed by atoms with Gasteiger partial charge in [-0.05, 0) is 46.7 Å². The highest BCUT2D eigenvalue weighted by atomic mass is 16.5. The molecule has 0 bridgehead atoms. The van der Waals surface area contributed by atoms with Gasteiger partial charge in [0, 0.05) is 19.1 Å². The number of hydrogen-bond donors (Lipinski definition) is 2. The van der Waals surface area contributed by atoms with Gasteiger partial charge in [0.2, 0.25) is 0 Å². The summed E-state index contributed by atoms with van der Waals surface area (Å²) >= 11 is 0. The van der Waals surface area contributed by atoms with Crippen molar-refractivity contribution < 1.29 is 9.84 Å². The monoisotopic (exact) mass is 258 g/mol. The number of aliphatic hydroxyl groups is 1. The van der Waals surface area contributed by atoms with Gasteiger partial charge in [0.05, 0.1) is 18.3 Å². The van der Waals surface area contributed by atoms with Crippen LogP contribution in [0.15, 0.2) is 0 Å². The van der Waals surface area contributed by atoms with Gasteiger partial charge in [0.15, 0.2) is 0 Å². The molecule has 108 valence electrons. The molecule has 0 aromatic carbocycles. The number of nitrogens with zero attached hydrogens (tertiary/aromatic N) is 1. The first-order chi connectivity index (χ1) is 8.42. The van der Waals surface area contributed by atoms with Crippen molar-refractivity contribution in [3.05, 3.63) is 0 Å². The van der Waals surface area contributed by atoms with E-state index in [-0.39, 0.29) is 5.60 Å². The average Bonchev–Trinajstić information content (AvgIpc) is 2.73. The fraction of sp³-hybridized carbons (Fsp3) is 1.00. The largest absolute Gasteiger partial charge is 0.389 e. The minimum absolute atomic E-state index is 0.175. The zero-order valence-electron chi connectivity index (χ0n) is 12.4. The fourth-order valence-electron chi connectivity index (χ4n) is 2.36. The smallest absolute Gasteiger partial charge is 0.0897 e. The molecule has 0 aromatic rings. The lowest BCUT2D eigenvalue weighted by molar-refractivity contribution is -0.0480. The predicted molar refractivity (Wildman–Crippen MR) is 74.9 cm³/mol. The van der Waals surface area contributed by atoms with E-state index < -0.39 is 6.10 Å². The van der Waals surface area contributed by atoms with Crippen LogP contribution in [-0.2, 0) is 4.74 Å². The summed E-state index contributed by atoms with van der Waals surface area (Å²) in [6.45, 7) is 12.6. The molecule has 1 fully saturated rings. The number of aliphatic hydroxyl groups excluding tert-OH is 1. The van der Waals surface area contributed by atoms with Gasteiger partial charge < -0.3 is 15.2 Å². The van der Waals surface area contributed by atoms with Crippen LogP contribution in [-0.4, -0.2) is 60.5 Å². The third kappa shape index (κ3) is 6.14. The second-order valence-electron chi connectivity index (χ2n) is 6.16. The molecule has 1 aliphatic heterocycles. The summed E-state index contributed by atoms with van der Waals surface area (Å²) in [6.07, 6.45) is 2.16. The summed E-state index contributed by atoms with van der Waals surface area (Å²) in [6, 6.07) is 0.644. The molecular formula is C14H30N2O2. The van der Waals surface area contributed by atoms with Crippen molar-refractivity contribution in [3.8, 4) is 0 Å². The molecule has 2 atom stereocenters.